The minimum absolute atomic E-state index is 0.643. The average molecular weight is 298 g/mol. The molecule has 0 aliphatic heterocycles. The molecule has 2 aromatic rings. The fourth-order valence-electron chi connectivity index (χ4n) is 2.19. The van der Waals surface area contributed by atoms with Gasteiger partial charge < -0.3 is 0 Å². The smallest absolute Gasteiger partial charge is 0.133 e. The standard InChI is InChI=1S/C16H18N4S/c1-2-20-16(12-17,14-6-4-3-5-7-14)9-11-21-15-8-10-18-13-19-15/h3-8,10,13,20H,2,9,11H2,1H3. The molecule has 1 atom stereocenters. The van der Waals surface area contributed by atoms with Crippen LogP contribution in [-0.4, -0.2) is 22.3 Å². The summed E-state index contributed by atoms with van der Waals surface area (Å²) < 4.78 is 0. The number of nitrogens with zero attached hydrogens (tertiary/aromatic N) is 3. The molecule has 1 unspecified atom stereocenters. The molecule has 4 nitrogen and oxygen atoms in total. The maximum Gasteiger partial charge on any atom is 0.133 e. The first-order valence-corrected chi connectivity index (χ1v) is 7.90. The highest BCUT2D eigenvalue weighted by Crippen LogP contribution is 2.27. The third-order valence-corrected chi connectivity index (χ3v) is 4.16. The Morgan fingerprint density at radius 3 is 2.71 bits per heavy atom. The topological polar surface area (TPSA) is 61.6 Å². The molecule has 0 saturated carbocycles. The summed E-state index contributed by atoms with van der Waals surface area (Å²) in [5, 5.41) is 14.0. The Labute approximate surface area is 129 Å². The Balaban J connectivity index is 2.09. The predicted octanol–water partition coefficient (Wildman–Crippen LogP) is 2.99. The monoisotopic (exact) mass is 298 g/mol. The van der Waals surface area contributed by atoms with Crippen LogP contribution in [0, 0.1) is 11.3 Å². The molecule has 1 aromatic carbocycles. The maximum absolute atomic E-state index is 9.71. The lowest BCUT2D eigenvalue weighted by Crippen LogP contribution is -2.41. The highest BCUT2D eigenvalue weighted by molar-refractivity contribution is 7.99. The van der Waals surface area contributed by atoms with Gasteiger partial charge in [-0.3, -0.25) is 5.32 Å². The van der Waals surface area contributed by atoms with Gasteiger partial charge in [0.15, 0.2) is 0 Å². The Morgan fingerprint density at radius 2 is 2.10 bits per heavy atom. The Morgan fingerprint density at radius 1 is 1.29 bits per heavy atom. The number of thioether (sulfide) groups is 1. The first kappa shape index (κ1) is 15.5. The second-order valence-electron chi connectivity index (χ2n) is 4.56. The van der Waals surface area contributed by atoms with Crippen molar-refractivity contribution >= 4 is 11.8 Å². The van der Waals surface area contributed by atoms with Crippen molar-refractivity contribution in [1.29, 1.82) is 5.26 Å². The Hall–Kier alpha value is -1.90. The molecule has 0 saturated heterocycles. The Kier molecular flexibility index (Phi) is 5.73. The van der Waals surface area contributed by atoms with E-state index in [0.717, 1.165) is 29.3 Å². The summed E-state index contributed by atoms with van der Waals surface area (Å²) in [6.07, 6.45) is 3.99. The van der Waals surface area contributed by atoms with Crippen LogP contribution in [0.15, 0.2) is 53.9 Å². The van der Waals surface area contributed by atoms with Crippen LogP contribution in [0.4, 0.5) is 0 Å². The summed E-state index contributed by atoms with van der Waals surface area (Å²) in [5.41, 5.74) is 0.369. The zero-order valence-electron chi connectivity index (χ0n) is 12.0. The molecule has 0 aliphatic rings. The first-order chi connectivity index (χ1) is 10.3. The highest BCUT2D eigenvalue weighted by atomic mass is 32.2. The van der Waals surface area contributed by atoms with Gasteiger partial charge in [-0.15, -0.1) is 11.8 Å². The minimum Gasteiger partial charge on any atom is -0.296 e. The van der Waals surface area contributed by atoms with Gasteiger partial charge in [-0.05, 0) is 24.6 Å². The van der Waals surface area contributed by atoms with E-state index in [0.29, 0.717) is 0 Å². The van der Waals surface area contributed by atoms with E-state index in [-0.39, 0.29) is 0 Å². The molecule has 1 heterocycles. The summed E-state index contributed by atoms with van der Waals surface area (Å²) in [6, 6.07) is 14.3. The Bertz CT molecular complexity index is 582. The molecular weight excluding hydrogens is 280 g/mol. The van der Waals surface area contributed by atoms with Crippen molar-refractivity contribution in [3.63, 3.8) is 0 Å². The zero-order valence-corrected chi connectivity index (χ0v) is 12.8. The molecule has 0 spiro atoms. The van der Waals surface area contributed by atoms with Crippen molar-refractivity contribution in [2.45, 2.75) is 23.9 Å². The van der Waals surface area contributed by atoms with E-state index in [4.69, 9.17) is 0 Å². The summed E-state index contributed by atoms with van der Waals surface area (Å²) >= 11 is 1.64. The van der Waals surface area contributed by atoms with Gasteiger partial charge in [0.2, 0.25) is 0 Å². The molecule has 0 aliphatic carbocycles. The largest absolute Gasteiger partial charge is 0.296 e. The van der Waals surface area contributed by atoms with Crippen molar-refractivity contribution in [1.82, 2.24) is 15.3 Å². The van der Waals surface area contributed by atoms with Crippen molar-refractivity contribution in [3.8, 4) is 6.07 Å². The number of benzene rings is 1. The van der Waals surface area contributed by atoms with Crippen LogP contribution in [-0.2, 0) is 5.54 Å². The molecule has 108 valence electrons. The molecule has 1 N–H and O–H groups in total. The third kappa shape index (κ3) is 4.03. The van der Waals surface area contributed by atoms with Gasteiger partial charge in [0.25, 0.3) is 0 Å². The third-order valence-electron chi connectivity index (χ3n) is 3.22. The molecule has 0 radical (unpaired) electrons. The van der Waals surface area contributed by atoms with Crippen LogP contribution in [0.5, 0.6) is 0 Å². The van der Waals surface area contributed by atoms with Gasteiger partial charge in [-0.1, -0.05) is 37.3 Å². The van der Waals surface area contributed by atoms with E-state index < -0.39 is 5.54 Å². The van der Waals surface area contributed by atoms with Crippen LogP contribution in [0.3, 0.4) is 0 Å². The molecule has 5 heteroatoms. The van der Waals surface area contributed by atoms with Crippen LogP contribution >= 0.6 is 11.8 Å². The first-order valence-electron chi connectivity index (χ1n) is 6.91. The lowest BCUT2D eigenvalue weighted by molar-refractivity contribution is 0.428. The van der Waals surface area contributed by atoms with Gasteiger partial charge in [-0.25, -0.2) is 9.97 Å². The second kappa shape index (κ2) is 7.77. The molecular formula is C16H18N4S. The molecule has 1 aromatic heterocycles. The van der Waals surface area contributed by atoms with E-state index in [2.05, 4.69) is 21.4 Å². The van der Waals surface area contributed by atoms with E-state index in [9.17, 15) is 5.26 Å². The van der Waals surface area contributed by atoms with Crippen LogP contribution < -0.4 is 5.32 Å². The number of hydrogen-bond donors (Lipinski definition) is 1. The van der Waals surface area contributed by atoms with Crippen molar-refractivity contribution in [2.75, 3.05) is 12.3 Å². The number of aromatic nitrogens is 2. The van der Waals surface area contributed by atoms with Gasteiger partial charge >= 0.3 is 0 Å². The molecule has 0 amide bonds. The fourth-order valence-corrected chi connectivity index (χ4v) is 3.09. The second-order valence-corrected chi connectivity index (χ2v) is 5.67. The van der Waals surface area contributed by atoms with Crippen molar-refractivity contribution < 1.29 is 0 Å². The van der Waals surface area contributed by atoms with Crippen LogP contribution in [0.1, 0.15) is 18.9 Å². The summed E-state index contributed by atoms with van der Waals surface area (Å²) in [5.74, 6) is 0.812. The van der Waals surface area contributed by atoms with E-state index >= 15 is 0 Å². The number of rotatable bonds is 7. The predicted molar refractivity (Wildman–Crippen MR) is 84.8 cm³/mol. The fraction of sp³-hybridized carbons (Fsp3) is 0.312. The van der Waals surface area contributed by atoms with Crippen molar-refractivity contribution in [3.05, 3.63) is 54.5 Å². The SMILES string of the molecule is CCNC(C#N)(CCSc1ccncn1)c1ccccc1. The number of nitriles is 1. The van der Waals surface area contributed by atoms with Gasteiger partial charge in [0.05, 0.1) is 11.1 Å². The van der Waals surface area contributed by atoms with Crippen LogP contribution in [0.2, 0.25) is 0 Å². The van der Waals surface area contributed by atoms with Gasteiger partial charge in [-0.2, -0.15) is 5.26 Å². The maximum atomic E-state index is 9.71. The number of hydrogen-bond acceptors (Lipinski definition) is 5. The lowest BCUT2D eigenvalue weighted by Gasteiger charge is -2.28. The van der Waals surface area contributed by atoms with E-state index in [1.807, 2.05) is 43.3 Å². The molecule has 0 bridgehead atoms. The summed E-state index contributed by atoms with van der Waals surface area (Å²) in [4.78, 5) is 8.10. The molecule has 2 rings (SSSR count). The summed E-state index contributed by atoms with van der Waals surface area (Å²) in [7, 11) is 0. The van der Waals surface area contributed by atoms with Gasteiger partial charge in [0, 0.05) is 11.9 Å². The van der Waals surface area contributed by atoms with Crippen molar-refractivity contribution in [2.24, 2.45) is 0 Å². The van der Waals surface area contributed by atoms with E-state index in [1.165, 1.54) is 0 Å². The van der Waals surface area contributed by atoms with Crippen LogP contribution in [0.25, 0.3) is 0 Å². The molecule has 0 fully saturated rings. The van der Waals surface area contributed by atoms with E-state index in [1.54, 1.807) is 24.3 Å². The minimum atomic E-state index is -0.643. The van der Waals surface area contributed by atoms with Gasteiger partial charge in [0.1, 0.15) is 11.9 Å². The quantitative estimate of drug-likeness (QED) is 0.629. The average Bonchev–Trinajstić information content (AvgIpc) is 2.56. The normalized spacial score (nSPS) is 13.3. The summed E-state index contributed by atoms with van der Waals surface area (Å²) in [6.45, 7) is 2.77. The number of nitrogens with one attached hydrogen (secondary N) is 1. The zero-order chi connectivity index (χ0) is 15.0. The molecule has 21 heavy (non-hydrogen) atoms. The lowest BCUT2D eigenvalue weighted by atomic mass is 9.88. The highest BCUT2D eigenvalue weighted by Gasteiger charge is 2.30.